The van der Waals surface area contributed by atoms with E-state index in [0.717, 1.165) is 11.4 Å². The van der Waals surface area contributed by atoms with E-state index in [1.807, 2.05) is 29.7 Å². The van der Waals surface area contributed by atoms with Gasteiger partial charge in [-0.2, -0.15) is 5.26 Å². The van der Waals surface area contributed by atoms with E-state index in [2.05, 4.69) is 11.1 Å². The van der Waals surface area contributed by atoms with Gasteiger partial charge in [0, 0.05) is 17.6 Å². The molecule has 0 atom stereocenters. The van der Waals surface area contributed by atoms with Gasteiger partial charge in [0.1, 0.15) is 0 Å². The minimum absolute atomic E-state index is 0.663. The highest BCUT2D eigenvalue weighted by Gasteiger charge is 2.00. The maximum Gasteiger partial charge on any atom is 0.0994 e. The van der Waals surface area contributed by atoms with Crippen molar-refractivity contribution in [2.45, 2.75) is 6.92 Å². The van der Waals surface area contributed by atoms with Crippen molar-refractivity contribution in [3.05, 3.63) is 48.0 Å². The van der Waals surface area contributed by atoms with E-state index >= 15 is 0 Å². The zero-order chi connectivity index (χ0) is 9.97. The highest BCUT2D eigenvalue weighted by Crippen LogP contribution is 2.11. The van der Waals surface area contributed by atoms with Crippen LogP contribution in [0, 0.1) is 18.3 Å². The van der Waals surface area contributed by atoms with Gasteiger partial charge in [-0.05, 0) is 25.1 Å². The monoisotopic (exact) mass is 183 g/mol. The second-order valence-electron chi connectivity index (χ2n) is 3.07. The summed E-state index contributed by atoms with van der Waals surface area (Å²) in [4.78, 5) is 4.03. The lowest BCUT2D eigenvalue weighted by Gasteiger charge is -2.04. The Kier molecular flexibility index (Phi) is 2.04. The van der Waals surface area contributed by atoms with Crippen molar-refractivity contribution < 1.29 is 0 Å². The van der Waals surface area contributed by atoms with Crippen molar-refractivity contribution in [2.75, 3.05) is 0 Å². The Morgan fingerprint density at radius 1 is 1.43 bits per heavy atom. The van der Waals surface area contributed by atoms with Crippen LogP contribution in [0.2, 0.25) is 0 Å². The third-order valence-corrected chi connectivity index (χ3v) is 2.08. The summed E-state index contributed by atoms with van der Waals surface area (Å²) in [5, 5.41) is 8.75. The predicted octanol–water partition coefficient (Wildman–Crippen LogP) is 2.05. The van der Waals surface area contributed by atoms with Gasteiger partial charge in [0.05, 0.1) is 18.0 Å². The van der Waals surface area contributed by atoms with Gasteiger partial charge in [-0.25, -0.2) is 4.98 Å². The molecule has 3 nitrogen and oxygen atoms in total. The van der Waals surface area contributed by atoms with Gasteiger partial charge < -0.3 is 4.57 Å². The Labute approximate surface area is 82.2 Å². The first-order valence-corrected chi connectivity index (χ1v) is 4.31. The van der Waals surface area contributed by atoms with E-state index in [4.69, 9.17) is 5.26 Å². The molecule has 0 saturated carbocycles. The number of hydrogen-bond acceptors (Lipinski definition) is 2. The lowest BCUT2D eigenvalue weighted by molar-refractivity contribution is 1.00. The standard InChI is InChI=1S/C11H9N3/c1-9-7-13-8-14(9)11-4-2-3-10(5-11)6-12/h2-5,7-8H,1H3. The summed E-state index contributed by atoms with van der Waals surface area (Å²) >= 11 is 0. The average molecular weight is 183 g/mol. The smallest absolute Gasteiger partial charge is 0.0994 e. The van der Waals surface area contributed by atoms with E-state index in [-0.39, 0.29) is 0 Å². The topological polar surface area (TPSA) is 41.6 Å². The second kappa shape index (κ2) is 3.35. The number of nitriles is 1. The van der Waals surface area contributed by atoms with Crippen LogP contribution >= 0.6 is 0 Å². The van der Waals surface area contributed by atoms with Crippen LogP contribution < -0.4 is 0 Å². The average Bonchev–Trinajstić information content (AvgIpc) is 2.65. The summed E-state index contributed by atoms with van der Waals surface area (Å²) in [5.74, 6) is 0. The van der Waals surface area contributed by atoms with Crippen LogP contribution in [0.15, 0.2) is 36.8 Å². The quantitative estimate of drug-likeness (QED) is 0.679. The first kappa shape index (κ1) is 8.52. The third kappa shape index (κ3) is 1.38. The van der Waals surface area contributed by atoms with Crippen molar-refractivity contribution in [1.82, 2.24) is 9.55 Å². The molecule has 0 spiro atoms. The van der Waals surface area contributed by atoms with Gasteiger partial charge in [0.2, 0.25) is 0 Å². The molecule has 2 rings (SSSR count). The Hall–Kier alpha value is -2.08. The highest BCUT2D eigenvalue weighted by atomic mass is 15.0. The molecule has 1 heterocycles. The number of benzene rings is 1. The molecule has 0 fully saturated rings. The molecule has 0 unspecified atom stereocenters. The van der Waals surface area contributed by atoms with Gasteiger partial charge in [-0.15, -0.1) is 0 Å². The van der Waals surface area contributed by atoms with Crippen LogP contribution in [-0.4, -0.2) is 9.55 Å². The first-order chi connectivity index (χ1) is 6.81. The maximum absolute atomic E-state index is 8.75. The molecule has 1 aromatic carbocycles. The lowest BCUT2D eigenvalue weighted by atomic mass is 10.2. The fraction of sp³-hybridized carbons (Fsp3) is 0.0909. The van der Waals surface area contributed by atoms with Crippen LogP contribution in [-0.2, 0) is 0 Å². The summed E-state index contributed by atoms with van der Waals surface area (Å²) in [6.07, 6.45) is 3.53. The Balaban J connectivity index is 2.53. The van der Waals surface area contributed by atoms with E-state index in [1.165, 1.54) is 0 Å². The van der Waals surface area contributed by atoms with Gasteiger partial charge in [-0.3, -0.25) is 0 Å². The van der Waals surface area contributed by atoms with Crippen molar-refractivity contribution in [3.63, 3.8) is 0 Å². The Morgan fingerprint density at radius 2 is 2.29 bits per heavy atom. The fourth-order valence-corrected chi connectivity index (χ4v) is 1.36. The maximum atomic E-state index is 8.75. The molecule has 0 aliphatic heterocycles. The molecule has 0 aliphatic rings. The van der Waals surface area contributed by atoms with E-state index in [1.54, 1.807) is 18.6 Å². The van der Waals surface area contributed by atoms with Gasteiger partial charge in [0.15, 0.2) is 0 Å². The first-order valence-electron chi connectivity index (χ1n) is 4.31. The number of rotatable bonds is 1. The zero-order valence-corrected chi connectivity index (χ0v) is 7.81. The van der Waals surface area contributed by atoms with Crippen LogP contribution in [0.3, 0.4) is 0 Å². The summed E-state index contributed by atoms with van der Waals surface area (Å²) in [7, 11) is 0. The van der Waals surface area contributed by atoms with Crippen molar-refractivity contribution >= 4 is 0 Å². The van der Waals surface area contributed by atoms with E-state index in [0.29, 0.717) is 5.56 Å². The normalized spacial score (nSPS) is 9.71. The van der Waals surface area contributed by atoms with Crippen LogP contribution in [0.5, 0.6) is 0 Å². The highest BCUT2D eigenvalue weighted by molar-refractivity contribution is 5.41. The largest absolute Gasteiger partial charge is 0.304 e. The predicted molar refractivity (Wildman–Crippen MR) is 53.0 cm³/mol. The molecule has 0 saturated heterocycles. The summed E-state index contributed by atoms with van der Waals surface area (Å²) in [5.41, 5.74) is 2.69. The SMILES string of the molecule is Cc1cncn1-c1cccc(C#N)c1. The lowest BCUT2D eigenvalue weighted by Crippen LogP contribution is -1.94. The summed E-state index contributed by atoms with van der Waals surface area (Å²) in [6.45, 7) is 1.98. The van der Waals surface area contributed by atoms with Gasteiger partial charge >= 0.3 is 0 Å². The van der Waals surface area contributed by atoms with Crippen molar-refractivity contribution in [1.29, 1.82) is 5.26 Å². The zero-order valence-electron chi connectivity index (χ0n) is 7.81. The molecule has 0 amide bonds. The summed E-state index contributed by atoms with van der Waals surface area (Å²) in [6, 6.07) is 9.57. The molecular formula is C11H9N3. The Bertz CT molecular complexity index is 491. The van der Waals surface area contributed by atoms with Crippen molar-refractivity contribution in [3.8, 4) is 11.8 Å². The molecule has 3 heteroatoms. The second-order valence-corrected chi connectivity index (χ2v) is 3.07. The number of aryl methyl sites for hydroxylation is 1. The molecule has 0 bridgehead atoms. The number of nitrogens with zero attached hydrogens (tertiary/aromatic N) is 3. The van der Waals surface area contributed by atoms with Crippen LogP contribution in [0.25, 0.3) is 5.69 Å². The van der Waals surface area contributed by atoms with Crippen molar-refractivity contribution in [2.24, 2.45) is 0 Å². The number of hydrogen-bond donors (Lipinski definition) is 0. The molecule has 2 aromatic rings. The Morgan fingerprint density at radius 3 is 2.93 bits per heavy atom. The molecule has 0 aliphatic carbocycles. The third-order valence-electron chi connectivity index (χ3n) is 2.08. The van der Waals surface area contributed by atoms with Gasteiger partial charge in [0.25, 0.3) is 0 Å². The minimum Gasteiger partial charge on any atom is -0.304 e. The fourth-order valence-electron chi connectivity index (χ4n) is 1.36. The molecular weight excluding hydrogens is 174 g/mol. The number of imidazole rings is 1. The van der Waals surface area contributed by atoms with Crippen LogP contribution in [0.1, 0.15) is 11.3 Å². The minimum atomic E-state index is 0.663. The number of aromatic nitrogens is 2. The molecule has 14 heavy (non-hydrogen) atoms. The summed E-state index contributed by atoms with van der Waals surface area (Å²) < 4.78 is 1.95. The van der Waals surface area contributed by atoms with E-state index in [9.17, 15) is 0 Å². The molecule has 0 radical (unpaired) electrons. The molecule has 0 N–H and O–H groups in total. The molecule has 68 valence electrons. The molecule has 1 aromatic heterocycles. The van der Waals surface area contributed by atoms with Crippen LogP contribution in [0.4, 0.5) is 0 Å². The van der Waals surface area contributed by atoms with Gasteiger partial charge in [-0.1, -0.05) is 6.07 Å². The van der Waals surface area contributed by atoms with E-state index < -0.39 is 0 Å².